The molecule has 0 fully saturated rings. The van der Waals surface area contributed by atoms with Crippen molar-refractivity contribution >= 4 is 17.7 Å². The zero-order valence-electron chi connectivity index (χ0n) is 9.97. The summed E-state index contributed by atoms with van der Waals surface area (Å²) in [7, 11) is 0. The Kier molecular flexibility index (Phi) is 5.93. The van der Waals surface area contributed by atoms with Gasteiger partial charge in [-0.3, -0.25) is 0 Å². The lowest BCUT2D eigenvalue weighted by molar-refractivity contribution is 0.108. The molecular formula is C12H13ClN2O4. The van der Waals surface area contributed by atoms with E-state index in [0.717, 1.165) is 0 Å². The van der Waals surface area contributed by atoms with Crippen LogP contribution < -0.4 is 10.1 Å². The van der Waals surface area contributed by atoms with Gasteiger partial charge in [0, 0.05) is 24.1 Å². The number of aliphatic hydroxyl groups is 1. The van der Waals surface area contributed by atoms with E-state index in [1.54, 1.807) is 6.07 Å². The number of benzene rings is 1. The molecule has 1 atom stereocenters. The van der Waals surface area contributed by atoms with Crippen LogP contribution in [0.25, 0.3) is 0 Å². The van der Waals surface area contributed by atoms with Gasteiger partial charge in [-0.25, -0.2) is 4.79 Å². The van der Waals surface area contributed by atoms with Gasteiger partial charge in [-0.2, -0.15) is 5.26 Å². The van der Waals surface area contributed by atoms with Crippen LogP contribution >= 0.6 is 11.6 Å². The van der Waals surface area contributed by atoms with Crippen LogP contribution in [0.5, 0.6) is 5.75 Å². The van der Waals surface area contributed by atoms with Gasteiger partial charge in [-0.15, -0.1) is 0 Å². The van der Waals surface area contributed by atoms with E-state index >= 15 is 0 Å². The molecule has 102 valence electrons. The Morgan fingerprint density at radius 3 is 2.89 bits per heavy atom. The van der Waals surface area contributed by atoms with Crippen molar-refractivity contribution in [3.05, 3.63) is 28.8 Å². The summed E-state index contributed by atoms with van der Waals surface area (Å²) in [6, 6.07) is 6.51. The monoisotopic (exact) mass is 284 g/mol. The molecule has 0 saturated heterocycles. The zero-order chi connectivity index (χ0) is 14.3. The molecule has 6 nitrogen and oxygen atoms in total. The Balaban J connectivity index is 2.67. The number of rotatable bonds is 6. The Labute approximate surface area is 115 Å². The molecule has 7 heteroatoms. The fraction of sp³-hybridized carbons (Fsp3) is 0.333. The van der Waals surface area contributed by atoms with E-state index in [1.807, 2.05) is 6.07 Å². The maximum atomic E-state index is 10.3. The summed E-state index contributed by atoms with van der Waals surface area (Å²) in [6.45, 7) is -0.151. The van der Waals surface area contributed by atoms with Crippen LogP contribution in [0.3, 0.4) is 0 Å². The molecule has 0 spiro atoms. The summed E-state index contributed by atoms with van der Waals surface area (Å²) in [5, 5.41) is 29.1. The Bertz CT molecular complexity index is 487. The second kappa shape index (κ2) is 7.46. The van der Waals surface area contributed by atoms with Crippen molar-refractivity contribution in [2.24, 2.45) is 0 Å². The second-order valence-electron chi connectivity index (χ2n) is 3.70. The lowest BCUT2D eigenvalue weighted by atomic mass is 10.2. The average Bonchev–Trinajstić information content (AvgIpc) is 2.37. The number of ether oxygens (including phenoxy) is 1. The highest BCUT2D eigenvalue weighted by Crippen LogP contribution is 2.24. The minimum atomic E-state index is -1.14. The SMILES string of the molecule is N#Cc1ccc(Cl)cc1O[C@@H](CO)CCNC(=O)O. The average molecular weight is 285 g/mol. The maximum absolute atomic E-state index is 10.3. The number of carbonyl (C=O) groups is 1. The zero-order valence-corrected chi connectivity index (χ0v) is 10.7. The van der Waals surface area contributed by atoms with Crippen LogP contribution in [0.4, 0.5) is 4.79 Å². The summed E-state index contributed by atoms with van der Waals surface area (Å²) in [5.41, 5.74) is 0.300. The Morgan fingerprint density at radius 1 is 1.58 bits per heavy atom. The number of carboxylic acid groups (broad SMARTS) is 1. The first-order chi connectivity index (χ1) is 9.06. The normalized spacial score (nSPS) is 11.4. The highest BCUT2D eigenvalue weighted by molar-refractivity contribution is 6.30. The number of amides is 1. The van der Waals surface area contributed by atoms with E-state index in [1.165, 1.54) is 12.1 Å². The Morgan fingerprint density at radius 2 is 2.32 bits per heavy atom. The number of nitrogens with one attached hydrogen (secondary N) is 1. The van der Waals surface area contributed by atoms with Gasteiger partial charge in [0.15, 0.2) is 0 Å². The third kappa shape index (κ3) is 5.04. The molecule has 0 aromatic heterocycles. The molecule has 0 radical (unpaired) electrons. The van der Waals surface area contributed by atoms with Crippen LogP contribution in [-0.4, -0.2) is 35.6 Å². The van der Waals surface area contributed by atoms with Crippen molar-refractivity contribution in [2.75, 3.05) is 13.2 Å². The summed E-state index contributed by atoms with van der Waals surface area (Å²) < 4.78 is 5.46. The summed E-state index contributed by atoms with van der Waals surface area (Å²) >= 11 is 5.80. The molecule has 1 rings (SSSR count). The van der Waals surface area contributed by atoms with E-state index < -0.39 is 12.2 Å². The van der Waals surface area contributed by atoms with Gasteiger partial charge in [-0.05, 0) is 12.1 Å². The van der Waals surface area contributed by atoms with Gasteiger partial charge < -0.3 is 20.3 Å². The molecule has 1 amide bonds. The smallest absolute Gasteiger partial charge is 0.404 e. The molecule has 0 heterocycles. The molecule has 3 N–H and O–H groups in total. The van der Waals surface area contributed by atoms with Gasteiger partial charge in [-0.1, -0.05) is 11.6 Å². The Hall–Kier alpha value is -1.97. The van der Waals surface area contributed by atoms with Crippen LogP contribution in [0.1, 0.15) is 12.0 Å². The van der Waals surface area contributed by atoms with Gasteiger partial charge in [0.25, 0.3) is 0 Å². The van der Waals surface area contributed by atoms with E-state index in [2.05, 4.69) is 5.32 Å². The van der Waals surface area contributed by atoms with Crippen molar-refractivity contribution in [1.29, 1.82) is 5.26 Å². The van der Waals surface area contributed by atoms with Gasteiger partial charge in [0.1, 0.15) is 17.9 Å². The van der Waals surface area contributed by atoms with Gasteiger partial charge in [0.05, 0.1) is 12.2 Å². The van der Waals surface area contributed by atoms with E-state index in [4.69, 9.17) is 31.8 Å². The minimum absolute atomic E-state index is 0.142. The molecule has 19 heavy (non-hydrogen) atoms. The number of hydrogen-bond donors (Lipinski definition) is 3. The van der Waals surface area contributed by atoms with Crippen molar-refractivity contribution in [1.82, 2.24) is 5.32 Å². The lowest BCUT2D eigenvalue weighted by Gasteiger charge is -2.17. The molecule has 0 bridgehead atoms. The lowest BCUT2D eigenvalue weighted by Crippen LogP contribution is -2.30. The summed E-state index contributed by atoms with van der Waals surface area (Å²) in [6.07, 6.45) is -1.48. The first-order valence-electron chi connectivity index (χ1n) is 5.50. The van der Waals surface area contributed by atoms with Crippen molar-refractivity contribution in [2.45, 2.75) is 12.5 Å². The fourth-order valence-corrected chi connectivity index (χ4v) is 1.56. The second-order valence-corrected chi connectivity index (χ2v) is 4.13. The molecule has 1 aromatic carbocycles. The number of hydrogen-bond acceptors (Lipinski definition) is 4. The predicted molar refractivity (Wildman–Crippen MR) is 68.3 cm³/mol. The highest BCUT2D eigenvalue weighted by Gasteiger charge is 2.13. The van der Waals surface area contributed by atoms with Crippen molar-refractivity contribution in [3.8, 4) is 11.8 Å². The van der Waals surface area contributed by atoms with Crippen LogP contribution in [0.15, 0.2) is 18.2 Å². The summed E-state index contributed by atoms with van der Waals surface area (Å²) in [5.74, 6) is 0.268. The van der Waals surface area contributed by atoms with E-state index in [0.29, 0.717) is 10.6 Å². The largest absolute Gasteiger partial charge is 0.487 e. The van der Waals surface area contributed by atoms with Crippen molar-refractivity contribution in [3.63, 3.8) is 0 Å². The summed E-state index contributed by atoms with van der Waals surface area (Å²) in [4.78, 5) is 10.3. The molecular weight excluding hydrogens is 272 g/mol. The maximum Gasteiger partial charge on any atom is 0.404 e. The first-order valence-corrected chi connectivity index (χ1v) is 5.88. The number of halogens is 1. The van der Waals surface area contributed by atoms with Gasteiger partial charge in [0.2, 0.25) is 0 Å². The number of aliphatic hydroxyl groups excluding tert-OH is 1. The topological polar surface area (TPSA) is 103 Å². The fourth-order valence-electron chi connectivity index (χ4n) is 1.39. The van der Waals surface area contributed by atoms with Gasteiger partial charge >= 0.3 is 6.09 Å². The van der Waals surface area contributed by atoms with Crippen LogP contribution in [0, 0.1) is 11.3 Å². The molecule has 1 aromatic rings. The predicted octanol–water partition coefficient (Wildman–Crippen LogP) is 1.61. The first kappa shape index (κ1) is 15.1. The molecule has 0 saturated carbocycles. The molecule has 0 aliphatic heterocycles. The highest BCUT2D eigenvalue weighted by atomic mass is 35.5. The minimum Gasteiger partial charge on any atom is -0.487 e. The third-order valence-corrected chi connectivity index (χ3v) is 2.54. The van der Waals surface area contributed by atoms with E-state index in [-0.39, 0.29) is 25.3 Å². The number of nitriles is 1. The quantitative estimate of drug-likeness (QED) is 0.736. The number of nitrogens with zero attached hydrogens (tertiary/aromatic N) is 1. The van der Waals surface area contributed by atoms with Crippen LogP contribution in [0.2, 0.25) is 5.02 Å². The van der Waals surface area contributed by atoms with Crippen LogP contribution in [-0.2, 0) is 0 Å². The van der Waals surface area contributed by atoms with E-state index in [9.17, 15) is 4.79 Å². The standard InChI is InChI=1S/C12H13ClN2O4/c13-9-2-1-8(6-14)11(5-9)19-10(7-16)3-4-15-12(17)18/h1-2,5,10,15-16H,3-4,7H2,(H,17,18)/t10-/m1/s1. The molecule has 0 unspecified atom stereocenters. The third-order valence-electron chi connectivity index (χ3n) is 2.30. The molecule has 0 aliphatic carbocycles. The van der Waals surface area contributed by atoms with Crippen molar-refractivity contribution < 1.29 is 19.7 Å². The molecule has 0 aliphatic rings.